The van der Waals surface area contributed by atoms with Gasteiger partial charge in [0.2, 0.25) is 11.8 Å². The van der Waals surface area contributed by atoms with Gasteiger partial charge < -0.3 is 15.0 Å². The molecule has 37 heavy (non-hydrogen) atoms. The molecule has 8 nitrogen and oxygen atoms in total. The van der Waals surface area contributed by atoms with Crippen molar-refractivity contribution in [2.24, 2.45) is 0 Å². The SMILES string of the molecule is CC[C@@H](C(=O)NC1CCCC1)N(Cc1cccc(OC)c1)C(=O)CCCN1C(=O)c2ccccc2C1=O. The number of carbonyl (C=O) groups excluding carboxylic acids is 4. The molecule has 8 heteroatoms. The summed E-state index contributed by atoms with van der Waals surface area (Å²) in [6, 6.07) is 13.8. The second kappa shape index (κ2) is 12.0. The predicted molar refractivity (Wildman–Crippen MR) is 139 cm³/mol. The van der Waals surface area contributed by atoms with Crippen LogP contribution in [0.15, 0.2) is 48.5 Å². The van der Waals surface area contributed by atoms with Crippen molar-refractivity contribution in [3.63, 3.8) is 0 Å². The molecule has 0 bridgehead atoms. The normalized spacial score (nSPS) is 16.0. The molecule has 1 atom stereocenters. The Hall–Kier alpha value is -3.68. The molecular weight excluding hydrogens is 470 g/mol. The Balaban J connectivity index is 1.45. The first-order valence-corrected chi connectivity index (χ1v) is 13.1. The Morgan fingerprint density at radius 3 is 2.35 bits per heavy atom. The second-order valence-electron chi connectivity index (χ2n) is 9.70. The number of benzene rings is 2. The summed E-state index contributed by atoms with van der Waals surface area (Å²) in [6.07, 6.45) is 5.05. The molecule has 1 aliphatic heterocycles. The topological polar surface area (TPSA) is 96.0 Å². The summed E-state index contributed by atoms with van der Waals surface area (Å²) in [5.74, 6) is -0.301. The van der Waals surface area contributed by atoms with Crippen molar-refractivity contribution in [3.05, 3.63) is 65.2 Å². The van der Waals surface area contributed by atoms with E-state index >= 15 is 0 Å². The summed E-state index contributed by atoms with van der Waals surface area (Å²) in [4.78, 5) is 55.0. The van der Waals surface area contributed by atoms with E-state index in [0.717, 1.165) is 31.2 Å². The summed E-state index contributed by atoms with van der Waals surface area (Å²) in [6.45, 7) is 2.32. The van der Waals surface area contributed by atoms with Crippen LogP contribution in [0.2, 0.25) is 0 Å². The molecule has 1 aliphatic carbocycles. The van der Waals surface area contributed by atoms with Crippen molar-refractivity contribution in [2.45, 2.75) is 70.5 Å². The lowest BCUT2D eigenvalue weighted by atomic mass is 10.1. The minimum atomic E-state index is -0.612. The number of rotatable bonds is 11. The molecule has 0 saturated heterocycles. The van der Waals surface area contributed by atoms with E-state index in [0.29, 0.717) is 29.7 Å². The van der Waals surface area contributed by atoms with Gasteiger partial charge in [-0.05, 0) is 55.5 Å². The van der Waals surface area contributed by atoms with Gasteiger partial charge in [0.15, 0.2) is 0 Å². The van der Waals surface area contributed by atoms with E-state index in [2.05, 4.69) is 5.32 Å². The van der Waals surface area contributed by atoms with E-state index in [4.69, 9.17) is 4.74 Å². The van der Waals surface area contributed by atoms with Crippen molar-refractivity contribution < 1.29 is 23.9 Å². The molecule has 1 N–H and O–H groups in total. The molecule has 1 fully saturated rings. The lowest BCUT2D eigenvalue weighted by molar-refractivity contribution is -0.141. The van der Waals surface area contributed by atoms with E-state index in [1.165, 1.54) is 4.90 Å². The number of methoxy groups -OCH3 is 1. The highest BCUT2D eigenvalue weighted by Gasteiger charge is 2.35. The highest BCUT2D eigenvalue weighted by atomic mass is 16.5. The van der Waals surface area contributed by atoms with E-state index in [-0.39, 0.29) is 49.2 Å². The largest absolute Gasteiger partial charge is 0.497 e. The molecule has 0 unspecified atom stereocenters. The van der Waals surface area contributed by atoms with Crippen LogP contribution in [0.25, 0.3) is 0 Å². The third-order valence-electron chi connectivity index (χ3n) is 7.23. The van der Waals surface area contributed by atoms with Crippen molar-refractivity contribution in [1.29, 1.82) is 0 Å². The maximum atomic E-state index is 13.5. The summed E-state index contributed by atoms with van der Waals surface area (Å²) < 4.78 is 5.34. The standard InChI is InChI=1S/C29H35N3O5/c1-3-25(27(34)30-21-11-4-5-12-21)32(19-20-10-8-13-22(18-20)37-2)26(33)16-9-17-31-28(35)23-14-6-7-15-24(23)29(31)36/h6-8,10,13-15,18,21,25H,3-5,9,11-12,16-17,19H2,1-2H3,(H,30,34)/t25-/m0/s1. The Bertz CT molecular complexity index is 1120. The maximum absolute atomic E-state index is 13.5. The van der Waals surface area contributed by atoms with Crippen LogP contribution in [0.4, 0.5) is 0 Å². The third kappa shape index (κ3) is 6.01. The van der Waals surface area contributed by atoms with Gasteiger partial charge in [0.05, 0.1) is 18.2 Å². The smallest absolute Gasteiger partial charge is 0.261 e. The molecular formula is C29H35N3O5. The summed E-state index contributed by atoms with van der Waals surface area (Å²) in [7, 11) is 1.59. The van der Waals surface area contributed by atoms with Gasteiger partial charge in [-0.15, -0.1) is 0 Å². The molecule has 1 heterocycles. The van der Waals surface area contributed by atoms with E-state index in [1.807, 2.05) is 31.2 Å². The molecule has 2 aromatic carbocycles. The number of fused-ring (bicyclic) bond motifs is 1. The lowest BCUT2D eigenvalue weighted by Crippen LogP contribution is -2.51. The van der Waals surface area contributed by atoms with Crippen LogP contribution in [0.1, 0.15) is 78.1 Å². The Kier molecular flexibility index (Phi) is 8.58. The zero-order valence-corrected chi connectivity index (χ0v) is 21.6. The molecule has 2 aliphatic rings. The van der Waals surface area contributed by atoms with Crippen molar-refractivity contribution in [2.75, 3.05) is 13.7 Å². The number of amides is 4. The van der Waals surface area contributed by atoms with Crippen LogP contribution < -0.4 is 10.1 Å². The van der Waals surface area contributed by atoms with E-state index < -0.39 is 6.04 Å². The summed E-state index contributed by atoms with van der Waals surface area (Å²) >= 11 is 0. The molecule has 0 radical (unpaired) electrons. The monoisotopic (exact) mass is 505 g/mol. The van der Waals surface area contributed by atoms with Crippen LogP contribution >= 0.6 is 0 Å². The van der Waals surface area contributed by atoms with Gasteiger partial charge in [0.1, 0.15) is 11.8 Å². The molecule has 4 amide bonds. The molecule has 1 saturated carbocycles. The Labute approximate surface area is 218 Å². The molecule has 0 spiro atoms. The quantitative estimate of drug-likeness (QED) is 0.467. The second-order valence-corrected chi connectivity index (χ2v) is 9.70. The zero-order valence-electron chi connectivity index (χ0n) is 21.6. The van der Waals surface area contributed by atoms with Gasteiger partial charge in [0.25, 0.3) is 11.8 Å². The van der Waals surface area contributed by atoms with E-state index in [9.17, 15) is 19.2 Å². The van der Waals surface area contributed by atoms with Gasteiger partial charge in [0, 0.05) is 25.6 Å². The van der Waals surface area contributed by atoms with Gasteiger partial charge in [-0.3, -0.25) is 24.1 Å². The molecule has 196 valence electrons. The van der Waals surface area contributed by atoms with Crippen molar-refractivity contribution >= 4 is 23.6 Å². The van der Waals surface area contributed by atoms with Gasteiger partial charge in [-0.1, -0.05) is 44.0 Å². The van der Waals surface area contributed by atoms with Crippen molar-refractivity contribution in [1.82, 2.24) is 15.1 Å². The first-order valence-electron chi connectivity index (χ1n) is 13.1. The average molecular weight is 506 g/mol. The fourth-order valence-electron chi connectivity index (χ4n) is 5.23. The maximum Gasteiger partial charge on any atom is 0.261 e. The van der Waals surface area contributed by atoms with Gasteiger partial charge in [-0.25, -0.2) is 0 Å². The minimum absolute atomic E-state index is 0.116. The number of ether oxygens (including phenoxy) is 1. The summed E-state index contributed by atoms with van der Waals surface area (Å²) in [5, 5.41) is 3.14. The average Bonchev–Trinajstić information content (AvgIpc) is 3.51. The highest BCUT2D eigenvalue weighted by Crippen LogP contribution is 2.24. The van der Waals surface area contributed by atoms with Crippen molar-refractivity contribution in [3.8, 4) is 5.75 Å². The molecule has 4 rings (SSSR count). The van der Waals surface area contributed by atoms with Crippen LogP contribution in [0.5, 0.6) is 5.75 Å². The minimum Gasteiger partial charge on any atom is -0.497 e. The number of hydrogen-bond donors (Lipinski definition) is 1. The third-order valence-corrected chi connectivity index (χ3v) is 7.23. The number of nitrogens with zero attached hydrogens (tertiary/aromatic N) is 2. The fourth-order valence-corrected chi connectivity index (χ4v) is 5.23. The van der Waals surface area contributed by atoms with Crippen LogP contribution in [0.3, 0.4) is 0 Å². The highest BCUT2D eigenvalue weighted by molar-refractivity contribution is 6.21. The Morgan fingerprint density at radius 2 is 1.73 bits per heavy atom. The number of nitrogens with one attached hydrogen (secondary N) is 1. The van der Waals surface area contributed by atoms with Gasteiger partial charge in [-0.2, -0.15) is 0 Å². The Morgan fingerprint density at radius 1 is 1.05 bits per heavy atom. The first kappa shape index (κ1) is 26.4. The first-order chi connectivity index (χ1) is 17.9. The van der Waals surface area contributed by atoms with Crippen LogP contribution in [-0.2, 0) is 16.1 Å². The van der Waals surface area contributed by atoms with Crippen LogP contribution in [-0.4, -0.2) is 59.2 Å². The predicted octanol–water partition coefficient (Wildman–Crippen LogP) is 3.94. The number of hydrogen-bond acceptors (Lipinski definition) is 5. The van der Waals surface area contributed by atoms with Gasteiger partial charge >= 0.3 is 0 Å². The molecule has 0 aromatic heterocycles. The zero-order chi connectivity index (χ0) is 26.4. The number of carbonyl (C=O) groups is 4. The fraction of sp³-hybridized carbons (Fsp3) is 0.448. The number of imide groups is 1. The lowest BCUT2D eigenvalue weighted by Gasteiger charge is -2.32. The molecule has 2 aromatic rings. The summed E-state index contributed by atoms with van der Waals surface area (Å²) in [5.41, 5.74) is 1.65. The van der Waals surface area contributed by atoms with E-state index in [1.54, 1.807) is 36.3 Å². The van der Waals surface area contributed by atoms with Crippen LogP contribution in [0, 0.1) is 0 Å².